The number of hydrogen-bond donors (Lipinski definition) is 2. The quantitative estimate of drug-likeness (QED) is 0.140. The first-order chi connectivity index (χ1) is 18.4. The van der Waals surface area contributed by atoms with Gasteiger partial charge < -0.3 is 10.8 Å². The van der Waals surface area contributed by atoms with Gasteiger partial charge in [0.1, 0.15) is 10.7 Å². The molecule has 0 amide bonds. The molecule has 0 aliphatic carbocycles. The number of aliphatic carboxylic acids is 1. The first kappa shape index (κ1) is 28.0. The maximum Gasteiger partial charge on any atom is 0.328 e. The third-order valence-corrected chi connectivity index (χ3v) is 8.66. The summed E-state index contributed by atoms with van der Waals surface area (Å²) in [4.78, 5) is 39.6. The average Bonchev–Trinajstić information content (AvgIpc) is 3.38. The topological polar surface area (TPSA) is 123 Å². The van der Waals surface area contributed by atoms with Crippen molar-refractivity contribution < 1.29 is 9.90 Å². The molecule has 0 aromatic carbocycles. The van der Waals surface area contributed by atoms with E-state index in [1.165, 1.54) is 22.2 Å². The van der Waals surface area contributed by atoms with Crippen molar-refractivity contribution >= 4 is 52.6 Å². The second-order valence-corrected chi connectivity index (χ2v) is 11.9. The molecule has 0 aliphatic heterocycles. The van der Waals surface area contributed by atoms with Crippen LogP contribution in [0.4, 0.5) is 0 Å². The summed E-state index contributed by atoms with van der Waals surface area (Å²) in [6.07, 6.45) is 7.28. The van der Waals surface area contributed by atoms with Crippen LogP contribution in [0.5, 0.6) is 0 Å². The van der Waals surface area contributed by atoms with Gasteiger partial charge in [-0.15, -0.1) is 11.3 Å². The summed E-state index contributed by atoms with van der Waals surface area (Å²) in [7, 11) is 0. The summed E-state index contributed by atoms with van der Waals surface area (Å²) < 4.78 is 1.45. The van der Waals surface area contributed by atoms with Gasteiger partial charge in [-0.05, 0) is 48.2 Å². The van der Waals surface area contributed by atoms with Gasteiger partial charge >= 0.3 is 5.97 Å². The molecule has 0 bridgehead atoms. The minimum atomic E-state index is -1.14. The van der Waals surface area contributed by atoms with Gasteiger partial charge in [0.2, 0.25) is 0 Å². The van der Waals surface area contributed by atoms with Crippen molar-refractivity contribution in [2.45, 2.75) is 48.3 Å². The molecular weight excluding hydrogens is 539 g/mol. The Morgan fingerprint density at radius 3 is 2.84 bits per heavy atom. The molecule has 0 aliphatic rings. The average molecular weight is 568 g/mol. The summed E-state index contributed by atoms with van der Waals surface area (Å²) in [6, 6.07) is 7.58. The molecule has 0 fully saturated rings. The Morgan fingerprint density at radius 2 is 2.11 bits per heavy atom. The van der Waals surface area contributed by atoms with E-state index in [-0.39, 0.29) is 11.1 Å². The van der Waals surface area contributed by atoms with Gasteiger partial charge in [-0.2, -0.15) is 11.8 Å². The van der Waals surface area contributed by atoms with E-state index in [2.05, 4.69) is 24.2 Å². The predicted molar refractivity (Wildman–Crippen MR) is 155 cm³/mol. The Labute approximate surface area is 233 Å². The number of pyridine rings is 2. The Balaban J connectivity index is 1.68. The highest BCUT2D eigenvalue weighted by Crippen LogP contribution is 2.32. The number of rotatable bonds is 12. The molecule has 0 saturated heterocycles. The highest BCUT2D eigenvalue weighted by Gasteiger charge is 2.16. The van der Waals surface area contributed by atoms with E-state index in [1.54, 1.807) is 35.5 Å². The molecule has 4 aromatic heterocycles. The van der Waals surface area contributed by atoms with Crippen LogP contribution in [0, 0.1) is 0 Å². The van der Waals surface area contributed by atoms with Crippen LogP contribution in [0.15, 0.2) is 62.8 Å². The molecular formula is C27H29N5O3S3. The van der Waals surface area contributed by atoms with Gasteiger partial charge in [0, 0.05) is 53.2 Å². The zero-order valence-corrected chi connectivity index (χ0v) is 23.6. The number of carbonyl (C=O) groups is 1. The Bertz CT molecular complexity index is 1510. The number of thiazole rings is 1. The molecule has 0 saturated carbocycles. The Hall–Kier alpha value is -2.99. The van der Waals surface area contributed by atoms with E-state index < -0.39 is 5.97 Å². The van der Waals surface area contributed by atoms with Gasteiger partial charge in [0.25, 0.3) is 5.56 Å². The van der Waals surface area contributed by atoms with E-state index in [0.717, 1.165) is 51.5 Å². The first-order valence-corrected chi connectivity index (χ1v) is 15.0. The molecule has 0 radical (unpaired) electrons. The predicted octanol–water partition coefficient (Wildman–Crippen LogP) is 4.90. The molecule has 0 atom stereocenters. The minimum absolute atomic E-state index is 0.219. The molecule has 4 aromatic rings. The number of thioether (sulfide) groups is 1. The number of nitrogens with two attached hydrogens (primary N) is 1. The molecule has 11 heteroatoms. The minimum Gasteiger partial charge on any atom is -0.478 e. The van der Waals surface area contributed by atoms with Crippen molar-refractivity contribution in [2.75, 3.05) is 12.3 Å². The molecule has 0 spiro atoms. The zero-order valence-electron chi connectivity index (χ0n) is 21.2. The fourth-order valence-electron chi connectivity index (χ4n) is 3.64. The third-order valence-electron chi connectivity index (χ3n) is 5.63. The molecule has 198 valence electrons. The second-order valence-electron chi connectivity index (χ2n) is 8.78. The van der Waals surface area contributed by atoms with Crippen LogP contribution in [0.1, 0.15) is 47.3 Å². The summed E-state index contributed by atoms with van der Waals surface area (Å²) in [5.41, 5.74) is 9.04. The largest absolute Gasteiger partial charge is 0.478 e. The maximum absolute atomic E-state index is 13.4. The number of aryl methyl sites for hydroxylation is 2. The number of nitrogens with zero attached hydrogens (tertiary/aromatic N) is 4. The van der Waals surface area contributed by atoms with Crippen LogP contribution in [0.2, 0.25) is 0 Å². The lowest BCUT2D eigenvalue weighted by molar-refractivity contribution is -0.131. The smallest absolute Gasteiger partial charge is 0.328 e. The monoisotopic (exact) mass is 567 g/mol. The standard InChI is InChI=1S/C27H29N5O3S3/c1-17(2)20-16-37-24(30-20)7-5-18-9-12-32-23(14-18)31-26(19(27(32)35)6-8-25(33)34)38-22-4-3-11-29-21(22)15-36-13-10-28/h3-4,6,8-9,11-12,14,16-17H,5,7,10,13,15,28H2,1-2H3,(H,33,34)/b8-6+. The number of fused-ring (bicyclic) bond motifs is 1. The van der Waals surface area contributed by atoms with Crippen molar-refractivity contribution in [3.8, 4) is 0 Å². The van der Waals surface area contributed by atoms with Gasteiger partial charge in [-0.25, -0.2) is 14.8 Å². The third kappa shape index (κ3) is 7.10. The van der Waals surface area contributed by atoms with Crippen LogP contribution in [0.25, 0.3) is 11.7 Å². The lowest BCUT2D eigenvalue weighted by Crippen LogP contribution is -2.19. The normalized spacial score (nSPS) is 11.7. The molecule has 4 heterocycles. The number of carboxylic acid groups (broad SMARTS) is 1. The Morgan fingerprint density at radius 1 is 1.26 bits per heavy atom. The van der Waals surface area contributed by atoms with E-state index in [9.17, 15) is 14.7 Å². The van der Waals surface area contributed by atoms with E-state index in [0.29, 0.717) is 28.9 Å². The van der Waals surface area contributed by atoms with Crippen molar-refractivity contribution in [2.24, 2.45) is 5.73 Å². The lowest BCUT2D eigenvalue weighted by atomic mass is 10.1. The summed E-state index contributed by atoms with van der Waals surface area (Å²) >= 11 is 4.67. The van der Waals surface area contributed by atoms with E-state index in [1.807, 2.05) is 24.3 Å². The highest BCUT2D eigenvalue weighted by atomic mass is 32.2. The first-order valence-electron chi connectivity index (χ1n) is 12.2. The van der Waals surface area contributed by atoms with Crippen LogP contribution in [0.3, 0.4) is 0 Å². The molecule has 0 unspecified atom stereocenters. The summed E-state index contributed by atoms with van der Waals surface area (Å²) in [5.74, 6) is 0.749. The highest BCUT2D eigenvalue weighted by molar-refractivity contribution is 8.00. The fourth-order valence-corrected chi connectivity index (χ4v) is 6.43. The zero-order chi connectivity index (χ0) is 27.1. The van der Waals surface area contributed by atoms with Gasteiger partial charge in [0.05, 0.1) is 22.0 Å². The maximum atomic E-state index is 13.4. The SMILES string of the molecule is CC(C)c1csc(CCc2ccn3c(=O)c(/C=C/C(=O)O)c(Sc4cccnc4CSCCN)nc3c2)n1. The van der Waals surface area contributed by atoms with Crippen LogP contribution in [-0.4, -0.2) is 42.7 Å². The van der Waals surface area contributed by atoms with Crippen molar-refractivity contribution in [3.05, 3.63) is 86.0 Å². The molecule has 8 nitrogen and oxygen atoms in total. The van der Waals surface area contributed by atoms with E-state index in [4.69, 9.17) is 15.7 Å². The van der Waals surface area contributed by atoms with Crippen LogP contribution >= 0.6 is 34.9 Å². The lowest BCUT2D eigenvalue weighted by Gasteiger charge is -2.11. The molecule has 38 heavy (non-hydrogen) atoms. The number of hydrogen-bond acceptors (Lipinski definition) is 9. The molecule has 4 rings (SSSR count). The van der Waals surface area contributed by atoms with Crippen molar-refractivity contribution in [3.63, 3.8) is 0 Å². The van der Waals surface area contributed by atoms with E-state index >= 15 is 0 Å². The summed E-state index contributed by atoms with van der Waals surface area (Å²) in [5, 5.41) is 12.8. The van der Waals surface area contributed by atoms with Gasteiger partial charge in [-0.3, -0.25) is 14.2 Å². The van der Waals surface area contributed by atoms with Crippen molar-refractivity contribution in [1.29, 1.82) is 0 Å². The number of carboxylic acids is 1. The second kappa shape index (κ2) is 13.2. The van der Waals surface area contributed by atoms with Crippen LogP contribution in [-0.2, 0) is 23.4 Å². The number of aromatic nitrogens is 4. The van der Waals surface area contributed by atoms with Gasteiger partial charge in [0.15, 0.2) is 0 Å². The van der Waals surface area contributed by atoms with Crippen molar-refractivity contribution in [1.82, 2.24) is 19.4 Å². The van der Waals surface area contributed by atoms with Gasteiger partial charge in [-0.1, -0.05) is 25.6 Å². The fraction of sp³-hybridized carbons (Fsp3) is 0.296. The summed E-state index contributed by atoms with van der Waals surface area (Å²) in [6.45, 7) is 4.85. The molecule has 3 N–H and O–H groups in total. The Kier molecular flexibility index (Phi) is 9.73. The van der Waals surface area contributed by atoms with Crippen LogP contribution < -0.4 is 11.3 Å².